The van der Waals surface area contributed by atoms with Gasteiger partial charge < -0.3 is 14.6 Å². The van der Waals surface area contributed by atoms with E-state index in [4.69, 9.17) is 4.74 Å². The first kappa shape index (κ1) is 17.9. The number of alkyl halides is 2. The molecule has 6 heteroatoms. The zero-order valence-corrected chi connectivity index (χ0v) is 14.6. The number of likely N-dealkylation sites (tertiary alicyclic amines) is 1. The Morgan fingerprint density at radius 3 is 2.68 bits per heavy atom. The molecule has 1 saturated heterocycles. The molecular weight excluding hydrogens is 326 g/mol. The third kappa shape index (κ3) is 4.57. The van der Waals surface area contributed by atoms with Crippen LogP contribution >= 0.6 is 0 Å². The predicted octanol–water partition coefficient (Wildman–Crippen LogP) is 3.73. The Hall–Kier alpha value is -1.95. The van der Waals surface area contributed by atoms with Gasteiger partial charge >= 0.3 is 0 Å². The molecule has 0 unspecified atom stereocenters. The van der Waals surface area contributed by atoms with Gasteiger partial charge in [-0.05, 0) is 55.8 Å². The number of rotatable bonds is 5. The molecule has 2 heterocycles. The van der Waals surface area contributed by atoms with Crippen molar-refractivity contribution in [1.29, 1.82) is 0 Å². The number of nitrogens with one attached hydrogen (secondary N) is 1. The summed E-state index contributed by atoms with van der Waals surface area (Å²) >= 11 is 0. The number of hydrogen-bond donors (Lipinski definition) is 1. The number of benzene rings is 1. The average molecular weight is 350 g/mol. The summed E-state index contributed by atoms with van der Waals surface area (Å²) in [6.07, 6.45) is 3.33. The molecule has 0 aliphatic carbocycles. The number of halogens is 2. The number of piperidine rings is 1. The third-order valence-electron chi connectivity index (χ3n) is 4.78. The maximum atomic E-state index is 13.0. The van der Waals surface area contributed by atoms with Gasteiger partial charge in [-0.2, -0.15) is 0 Å². The molecule has 1 fully saturated rings. The normalized spacial score (nSPS) is 17.1. The van der Waals surface area contributed by atoms with Crippen molar-refractivity contribution < 1.29 is 13.5 Å². The van der Waals surface area contributed by atoms with Crippen molar-refractivity contribution in [3.8, 4) is 5.75 Å². The number of aryl methyl sites for hydroxylation is 1. The highest BCUT2D eigenvalue weighted by molar-refractivity contribution is 5.85. The van der Waals surface area contributed by atoms with Crippen molar-refractivity contribution >= 4 is 10.8 Å². The minimum Gasteiger partial charge on any atom is -0.490 e. The molecule has 0 atom stereocenters. The Morgan fingerprint density at radius 2 is 2.00 bits per heavy atom. The topological polar surface area (TPSA) is 45.3 Å². The smallest absolute Gasteiger partial charge is 0.255 e. The van der Waals surface area contributed by atoms with Crippen LogP contribution in [0.25, 0.3) is 10.8 Å². The summed E-state index contributed by atoms with van der Waals surface area (Å²) in [5, 5.41) is 1.55. The van der Waals surface area contributed by atoms with E-state index in [1.54, 1.807) is 12.3 Å². The average Bonchev–Trinajstić information content (AvgIpc) is 2.57. The number of fused-ring (bicyclic) bond motifs is 1. The van der Waals surface area contributed by atoms with Crippen LogP contribution in [0.15, 0.2) is 29.2 Å². The Labute approximate surface area is 145 Å². The van der Waals surface area contributed by atoms with E-state index >= 15 is 0 Å². The summed E-state index contributed by atoms with van der Waals surface area (Å²) < 4.78 is 32.0. The molecule has 0 bridgehead atoms. The van der Waals surface area contributed by atoms with Gasteiger partial charge in [0.2, 0.25) is 5.92 Å². The minimum atomic E-state index is -2.60. The van der Waals surface area contributed by atoms with Gasteiger partial charge in [0.15, 0.2) is 0 Å². The van der Waals surface area contributed by atoms with Crippen molar-refractivity contribution in [1.82, 2.24) is 9.88 Å². The number of nitrogens with zero attached hydrogens (tertiary/aromatic N) is 1. The summed E-state index contributed by atoms with van der Waals surface area (Å²) in [4.78, 5) is 16.6. The van der Waals surface area contributed by atoms with E-state index in [-0.39, 0.29) is 18.1 Å². The summed E-state index contributed by atoms with van der Waals surface area (Å²) in [6, 6.07) is 5.51. The second kappa shape index (κ2) is 7.12. The first-order valence-electron chi connectivity index (χ1n) is 8.71. The van der Waals surface area contributed by atoms with Crippen LogP contribution in [-0.2, 0) is 0 Å². The van der Waals surface area contributed by atoms with Crippen molar-refractivity contribution in [2.75, 3.05) is 19.6 Å². The second-order valence-electron chi connectivity index (χ2n) is 6.99. The fraction of sp³-hybridized carbons (Fsp3) is 0.526. The van der Waals surface area contributed by atoms with Gasteiger partial charge in [0.1, 0.15) is 11.9 Å². The largest absolute Gasteiger partial charge is 0.490 e. The van der Waals surface area contributed by atoms with E-state index in [1.165, 1.54) is 0 Å². The summed E-state index contributed by atoms with van der Waals surface area (Å²) in [6.45, 7) is 4.88. The van der Waals surface area contributed by atoms with Crippen LogP contribution in [0.4, 0.5) is 8.78 Å². The number of hydrogen-bond acceptors (Lipinski definition) is 3. The molecule has 3 rings (SSSR count). The van der Waals surface area contributed by atoms with E-state index in [0.717, 1.165) is 49.6 Å². The molecule has 0 amide bonds. The molecule has 1 N–H and O–H groups in total. The van der Waals surface area contributed by atoms with Crippen molar-refractivity contribution in [3.05, 3.63) is 40.3 Å². The third-order valence-corrected chi connectivity index (χ3v) is 4.78. The van der Waals surface area contributed by atoms with Crippen LogP contribution in [0.3, 0.4) is 0 Å². The first-order chi connectivity index (χ1) is 11.8. The fourth-order valence-electron chi connectivity index (χ4n) is 3.25. The molecular formula is C19H24F2N2O2. The van der Waals surface area contributed by atoms with E-state index in [9.17, 15) is 13.6 Å². The Balaban J connectivity index is 1.60. The lowest BCUT2D eigenvalue weighted by molar-refractivity contribution is -0.00220. The molecule has 1 aromatic carbocycles. The monoisotopic (exact) mass is 350 g/mol. The zero-order chi connectivity index (χ0) is 18.0. The molecule has 25 heavy (non-hydrogen) atoms. The summed E-state index contributed by atoms with van der Waals surface area (Å²) in [7, 11) is 0. The Bertz CT molecular complexity index is 790. The second-order valence-corrected chi connectivity index (χ2v) is 6.99. The Morgan fingerprint density at radius 1 is 1.28 bits per heavy atom. The van der Waals surface area contributed by atoms with Crippen LogP contribution in [0.1, 0.15) is 31.7 Å². The van der Waals surface area contributed by atoms with Crippen molar-refractivity contribution in [2.24, 2.45) is 0 Å². The highest BCUT2D eigenvalue weighted by Crippen LogP contribution is 2.25. The van der Waals surface area contributed by atoms with Gasteiger partial charge in [-0.15, -0.1) is 0 Å². The molecule has 1 aliphatic heterocycles. The number of ether oxygens (including phenoxy) is 1. The SMILES string of the molecule is Cc1c[nH]c(=O)c2ccc(OC3CCN(CCC(C)(F)F)CC3)cc12. The quantitative estimate of drug-likeness (QED) is 0.894. The highest BCUT2D eigenvalue weighted by atomic mass is 19.3. The van der Waals surface area contributed by atoms with E-state index in [1.807, 2.05) is 19.1 Å². The molecule has 0 radical (unpaired) electrons. The zero-order valence-electron chi connectivity index (χ0n) is 14.6. The minimum absolute atomic E-state index is 0.0816. The number of aromatic nitrogens is 1. The molecule has 136 valence electrons. The van der Waals surface area contributed by atoms with E-state index in [2.05, 4.69) is 9.88 Å². The van der Waals surface area contributed by atoms with Gasteiger partial charge in [0, 0.05) is 37.6 Å². The molecule has 0 saturated carbocycles. The lowest BCUT2D eigenvalue weighted by Crippen LogP contribution is -2.39. The first-order valence-corrected chi connectivity index (χ1v) is 8.71. The fourth-order valence-corrected chi connectivity index (χ4v) is 3.25. The van der Waals surface area contributed by atoms with Crippen molar-refractivity contribution in [3.63, 3.8) is 0 Å². The maximum absolute atomic E-state index is 13.0. The van der Waals surface area contributed by atoms with Crippen LogP contribution < -0.4 is 10.3 Å². The van der Waals surface area contributed by atoms with Crippen molar-refractivity contribution in [2.45, 2.75) is 45.1 Å². The standard InChI is InChI=1S/C19H24F2N2O2/c1-13-12-22-18(24)16-4-3-15(11-17(13)16)25-14-5-8-23(9-6-14)10-7-19(2,20)21/h3-4,11-12,14H,5-10H2,1-2H3,(H,22,24). The highest BCUT2D eigenvalue weighted by Gasteiger charge is 2.25. The van der Waals surface area contributed by atoms with E-state index in [0.29, 0.717) is 11.9 Å². The Kier molecular flexibility index (Phi) is 5.08. The number of pyridine rings is 1. The van der Waals surface area contributed by atoms with Crippen LogP contribution in [0, 0.1) is 6.92 Å². The van der Waals surface area contributed by atoms with Crippen LogP contribution in [-0.4, -0.2) is 41.5 Å². The van der Waals surface area contributed by atoms with Gasteiger partial charge in [0.05, 0.1) is 0 Å². The number of H-pyrrole nitrogens is 1. The molecule has 1 aliphatic rings. The van der Waals surface area contributed by atoms with Gasteiger partial charge in [-0.3, -0.25) is 4.79 Å². The maximum Gasteiger partial charge on any atom is 0.255 e. The summed E-state index contributed by atoms with van der Waals surface area (Å²) in [5.74, 6) is -1.85. The summed E-state index contributed by atoms with van der Waals surface area (Å²) in [5.41, 5.74) is 0.892. The van der Waals surface area contributed by atoms with E-state index < -0.39 is 5.92 Å². The predicted molar refractivity (Wildman–Crippen MR) is 94.6 cm³/mol. The molecule has 1 aromatic heterocycles. The van der Waals surface area contributed by atoms with Crippen LogP contribution in [0.5, 0.6) is 5.75 Å². The lowest BCUT2D eigenvalue weighted by atomic mass is 10.1. The molecule has 0 spiro atoms. The lowest BCUT2D eigenvalue weighted by Gasteiger charge is -2.32. The van der Waals surface area contributed by atoms with Crippen LogP contribution in [0.2, 0.25) is 0 Å². The molecule has 2 aromatic rings. The number of aromatic amines is 1. The van der Waals surface area contributed by atoms with Gasteiger partial charge in [-0.25, -0.2) is 8.78 Å². The van der Waals surface area contributed by atoms with Gasteiger partial charge in [-0.1, -0.05) is 0 Å². The molecule has 4 nitrogen and oxygen atoms in total. The van der Waals surface area contributed by atoms with Gasteiger partial charge in [0.25, 0.3) is 5.56 Å².